The van der Waals surface area contributed by atoms with Gasteiger partial charge in [-0.15, -0.1) is 0 Å². The molecule has 0 unspecified atom stereocenters. The molecule has 0 fully saturated rings. The number of hydrogen-bond donors (Lipinski definition) is 3. The molecule has 1 aliphatic rings. The lowest BCUT2D eigenvalue weighted by Crippen LogP contribution is -2.48. The third-order valence-corrected chi connectivity index (χ3v) is 7.70. The molecular formula is C33H45N3O4. The number of benzene rings is 2. The summed E-state index contributed by atoms with van der Waals surface area (Å²) < 4.78 is 11.5. The molecule has 1 amide bonds. The second kappa shape index (κ2) is 15.0. The van der Waals surface area contributed by atoms with Gasteiger partial charge in [0.15, 0.2) is 0 Å². The second-order valence-electron chi connectivity index (χ2n) is 11.5. The predicted octanol–water partition coefficient (Wildman–Crippen LogP) is 6.47. The molecule has 3 atom stereocenters. The van der Waals surface area contributed by atoms with Crippen molar-refractivity contribution in [2.45, 2.75) is 90.3 Å². The second-order valence-corrected chi connectivity index (χ2v) is 11.5. The number of rotatable bonds is 7. The van der Waals surface area contributed by atoms with Crippen LogP contribution in [0.5, 0.6) is 5.75 Å². The summed E-state index contributed by atoms with van der Waals surface area (Å²) in [7, 11) is 0. The summed E-state index contributed by atoms with van der Waals surface area (Å²) >= 11 is 0. The number of carbonyl (C=O) groups excluding carboxylic acids is 1. The number of ether oxygens (including phenoxy) is 1. The highest BCUT2D eigenvalue weighted by Gasteiger charge is 2.25. The first-order chi connectivity index (χ1) is 19.4. The van der Waals surface area contributed by atoms with Crippen molar-refractivity contribution < 1.29 is 19.1 Å². The number of hydrogen-bond acceptors (Lipinski definition) is 6. The van der Waals surface area contributed by atoms with Crippen LogP contribution >= 0.6 is 0 Å². The summed E-state index contributed by atoms with van der Waals surface area (Å²) in [6.07, 6.45) is 9.77. The number of amides is 1. The lowest BCUT2D eigenvalue weighted by molar-refractivity contribution is 0.0792. The Morgan fingerprint density at radius 3 is 2.67 bits per heavy atom. The van der Waals surface area contributed by atoms with E-state index < -0.39 is 6.10 Å². The van der Waals surface area contributed by atoms with Crippen molar-refractivity contribution in [2.24, 2.45) is 5.92 Å². The molecule has 0 spiro atoms. The van der Waals surface area contributed by atoms with Crippen molar-refractivity contribution in [1.29, 1.82) is 0 Å². The van der Waals surface area contributed by atoms with Gasteiger partial charge < -0.3 is 24.9 Å². The van der Waals surface area contributed by atoms with Gasteiger partial charge in [-0.3, -0.25) is 4.79 Å². The molecule has 1 aromatic heterocycles. The number of nitrogens with one attached hydrogen (secondary N) is 2. The quantitative estimate of drug-likeness (QED) is 0.314. The zero-order valence-corrected chi connectivity index (χ0v) is 24.2. The molecule has 7 heteroatoms. The van der Waals surface area contributed by atoms with Crippen molar-refractivity contribution >= 4 is 5.91 Å². The van der Waals surface area contributed by atoms with Gasteiger partial charge in [-0.2, -0.15) is 0 Å². The number of aliphatic hydroxyl groups excluding tert-OH is 1. The molecule has 7 nitrogen and oxygen atoms in total. The molecule has 1 aliphatic heterocycles. The Bertz CT molecular complexity index is 1190. The number of oxazole rings is 1. The van der Waals surface area contributed by atoms with Gasteiger partial charge in [-0.05, 0) is 54.0 Å². The maximum absolute atomic E-state index is 13.6. The SMILES string of the molecule is CC(C)c1cccc(CNC[C@@H](O)[C@@H]2C[C@H](C)CCCCCCCOc3cc(cc(-c4ncco4)c3)C(=O)N2)c1. The van der Waals surface area contributed by atoms with E-state index in [1.165, 1.54) is 30.2 Å². The van der Waals surface area contributed by atoms with Crippen LogP contribution in [0.25, 0.3) is 11.5 Å². The van der Waals surface area contributed by atoms with Crippen LogP contribution in [0, 0.1) is 5.92 Å². The molecule has 40 heavy (non-hydrogen) atoms. The molecule has 3 N–H and O–H groups in total. The molecule has 2 aromatic carbocycles. The van der Waals surface area contributed by atoms with Crippen LogP contribution in [-0.2, 0) is 6.54 Å². The van der Waals surface area contributed by atoms with Crippen LogP contribution in [0.4, 0.5) is 0 Å². The lowest BCUT2D eigenvalue weighted by atomic mass is 9.92. The molecule has 2 heterocycles. The standard InChI is InChI=1S/C33H45N3O4/c1-23(2)26-12-9-11-25(17-26)21-34-22-31(37)30-16-24(3)10-7-5-4-6-8-14-39-29-19-27(32(38)36-30)18-28(20-29)33-35-13-15-40-33/h9,11-13,15,17-20,23-24,30-31,34,37H,4-8,10,14,16,21-22H2,1-3H3,(H,36,38)/t24-,30+,31-/m1/s1. The molecule has 2 bridgehead atoms. The average Bonchev–Trinajstić information content (AvgIpc) is 3.49. The highest BCUT2D eigenvalue weighted by Crippen LogP contribution is 2.26. The summed E-state index contributed by atoms with van der Waals surface area (Å²) in [6, 6.07) is 13.5. The molecule has 216 valence electrons. The van der Waals surface area contributed by atoms with E-state index in [0.29, 0.717) is 60.7 Å². The Hall–Kier alpha value is -3.16. The molecule has 4 rings (SSSR count). The lowest BCUT2D eigenvalue weighted by Gasteiger charge is -2.27. The van der Waals surface area contributed by atoms with Gasteiger partial charge in [0.05, 0.1) is 24.9 Å². The number of fused-ring (bicyclic) bond motifs is 2. The van der Waals surface area contributed by atoms with Crippen LogP contribution in [0.15, 0.2) is 59.3 Å². The predicted molar refractivity (Wildman–Crippen MR) is 158 cm³/mol. The summed E-state index contributed by atoms with van der Waals surface area (Å²) in [5.41, 5.74) is 3.63. The van der Waals surface area contributed by atoms with E-state index >= 15 is 0 Å². The van der Waals surface area contributed by atoms with Gasteiger partial charge in [-0.25, -0.2) is 4.98 Å². The number of nitrogens with zero attached hydrogens (tertiary/aromatic N) is 1. The van der Waals surface area contributed by atoms with Crippen LogP contribution in [0.1, 0.15) is 93.1 Å². The van der Waals surface area contributed by atoms with Crippen molar-refractivity contribution in [3.8, 4) is 17.2 Å². The van der Waals surface area contributed by atoms with Crippen LogP contribution in [0.3, 0.4) is 0 Å². The fraction of sp³-hybridized carbons (Fsp3) is 0.515. The first-order valence-electron chi connectivity index (χ1n) is 14.8. The molecule has 3 aromatic rings. The molecule has 0 saturated carbocycles. The van der Waals surface area contributed by atoms with Crippen molar-refractivity contribution in [2.75, 3.05) is 13.2 Å². The zero-order chi connectivity index (χ0) is 28.3. The fourth-order valence-corrected chi connectivity index (χ4v) is 5.30. The zero-order valence-electron chi connectivity index (χ0n) is 24.2. The smallest absolute Gasteiger partial charge is 0.251 e. The monoisotopic (exact) mass is 547 g/mol. The van der Waals surface area contributed by atoms with E-state index in [0.717, 1.165) is 25.7 Å². The van der Waals surface area contributed by atoms with E-state index in [9.17, 15) is 9.90 Å². The topological polar surface area (TPSA) is 96.6 Å². The van der Waals surface area contributed by atoms with E-state index in [4.69, 9.17) is 9.15 Å². The first-order valence-corrected chi connectivity index (χ1v) is 14.8. The minimum absolute atomic E-state index is 0.244. The third-order valence-electron chi connectivity index (χ3n) is 7.70. The van der Waals surface area contributed by atoms with E-state index in [2.05, 4.69) is 60.7 Å². The van der Waals surface area contributed by atoms with Crippen molar-refractivity contribution in [3.63, 3.8) is 0 Å². The molecular weight excluding hydrogens is 502 g/mol. The van der Waals surface area contributed by atoms with Gasteiger partial charge in [0.1, 0.15) is 12.0 Å². The van der Waals surface area contributed by atoms with Gasteiger partial charge >= 0.3 is 0 Å². The number of aliphatic hydroxyl groups is 1. The van der Waals surface area contributed by atoms with E-state index in [1.54, 1.807) is 18.3 Å². The van der Waals surface area contributed by atoms with Crippen molar-refractivity contribution in [1.82, 2.24) is 15.6 Å². The molecule has 0 aliphatic carbocycles. The number of carbonyl (C=O) groups is 1. The van der Waals surface area contributed by atoms with Crippen LogP contribution < -0.4 is 15.4 Å². The summed E-state index contributed by atoms with van der Waals surface area (Å²) in [4.78, 5) is 17.8. The van der Waals surface area contributed by atoms with Gasteiger partial charge in [0, 0.05) is 24.2 Å². The average molecular weight is 548 g/mol. The normalized spacial score (nSPS) is 20.1. The molecule has 0 saturated heterocycles. The third kappa shape index (κ3) is 8.93. The van der Waals surface area contributed by atoms with Crippen LogP contribution in [-0.4, -0.2) is 41.3 Å². The fourth-order valence-electron chi connectivity index (χ4n) is 5.30. The Morgan fingerprint density at radius 1 is 1.07 bits per heavy atom. The van der Waals surface area contributed by atoms with Gasteiger partial charge in [-0.1, -0.05) is 77.1 Å². The summed E-state index contributed by atoms with van der Waals surface area (Å²) in [6.45, 7) is 8.23. The van der Waals surface area contributed by atoms with Crippen LogP contribution in [0.2, 0.25) is 0 Å². The van der Waals surface area contributed by atoms with E-state index in [1.807, 2.05) is 6.07 Å². The Morgan fingerprint density at radius 2 is 1.88 bits per heavy atom. The Balaban J connectivity index is 1.50. The maximum atomic E-state index is 13.6. The summed E-state index contributed by atoms with van der Waals surface area (Å²) in [5.74, 6) is 1.65. The maximum Gasteiger partial charge on any atom is 0.251 e. The molecule has 0 radical (unpaired) electrons. The summed E-state index contributed by atoms with van der Waals surface area (Å²) in [5, 5.41) is 17.8. The van der Waals surface area contributed by atoms with Gasteiger partial charge in [0.25, 0.3) is 5.91 Å². The highest BCUT2D eigenvalue weighted by molar-refractivity contribution is 5.96. The minimum atomic E-state index is -0.732. The van der Waals surface area contributed by atoms with E-state index in [-0.39, 0.29) is 11.9 Å². The number of aromatic nitrogens is 1. The Labute approximate surface area is 238 Å². The Kier molecular flexibility index (Phi) is 11.2. The minimum Gasteiger partial charge on any atom is -0.494 e. The van der Waals surface area contributed by atoms with Crippen molar-refractivity contribution in [3.05, 3.63) is 71.6 Å². The van der Waals surface area contributed by atoms with Gasteiger partial charge in [0.2, 0.25) is 5.89 Å². The highest BCUT2D eigenvalue weighted by atomic mass is 16.5. The first kappa shape index (κ1) is 29.8. The largest absolute Gasteiger partial charge is 0.494 e.